The van der Waals surface area contributed by atoms with E-state index in [2.05, 4.69) is 9.98 Å². The van der Waals surface area contributed by atoms with E-state index in [4.69, 9.17) is 10.5 Å². The highest BCUT2D eigenvalue weighted by atomic mass is 32.1. The first-order valence-corrected chi connectivity index (χ1v) is 9.25. The molecular weight excluding hydrogens is 393 g/mol. The SMILES string of the molecule is COC(=O)C1=C2C[C@H](N)CN2C(c2nccs2)=NC1c1ccc(F)c(F)c1F. The van der Waals surface area contributed by atoms with Gasteiger partial charge in [0.2, 0.25) is 0 Å². The number of hydrogen-bond acceptors (Lipinski definition) is 7. The van der Waals surface area contributed by atoms with Crippen LogP contribution in [-0.4, -0.2) is 41.4 Å². The zero-order chi connectivity index (χ0) is 20.0. The number of ether oxygens (including phenoxy) is 1. The number of fused-ring (bicyclic) bond motifs is 1. The average Bonchev–Trinajstić information content (AvgIpc) is 3.34. The Bertz CT molecular complexity index is 1010. The molecule has 1 aromatic carbocycles. The molecule has 10 heteroatoms. The summed E-state index contributed by atoms with van der Waals surface area (Å²) in [5.74, 6) is -4.67. The third kappa shape index (κ3) is 2.89. The first-order chi connectivity index (χ1) is 13.4. The Morgan fingerprint density at radius 3 is 2.79 bits per heavy atom. The van der Waals surface area contributed by atoms with Gasteiger partial charge in [-0.05, 0) is 6.07 Å². The van der Waals surface area contributed by atoms with E-state index < -0.39 is 29.5 Å². The number of rotatable bonds is 3. The van der Waals surface area contributed by atoms with Crippen LogP contribution in [0.3, 0.4) is 0 Å². The number of hydrogen-bond donors (Lipinski definition) is 1. The maximum absolute atomic E-state index is 14.6. The summed E-state index contributed by atoms with van der Waals surface area (Å²) in [6, 6.07) is 0.389. The van der Waals surface area contributed by atoms with Crippen LogP contribution in [0.2, 0.25) is 0 Å². The number of carbonyl (C=O) groups excluding carboxylic acids is 1. The van der Waals surface area contributed by atoms with E-state index in [1.54, 1.807) is 16.5 Å². The van der Waals surface area contributed by atoms with E-state index in [0.717, 1.165) is 12.1 Å². The first-order valence-electron chi connectivity index (χ1n) is 8.38. The topological polar surface area (TPSA) is 80.8 Å². The number of aromatic nitrogens is 1. The largest absolute Gasteiger partial charge is 0.466 e. The van der Waals surface area contributed by atoms with Crippen molar-refractivity contribution in [1.82, 2.24) is 9.88 Å². The van der Waals surface area contributed by atoms with Crippen molar-refractivity contribution in [1.29, 1.82) is 0 Å². The monoisotopic (exact) mass is 408 g/mol. The minimum atomic E-state index is -1.62. The Labute approximate surface area is 162 Å². The van der Waals surface area contributed by atoms with Gasteiger partial charge in [0.15, 0.2) is 28.3 Å². The summed E-state index contributed by atoms with van der Waals surface area (Å²) in [6.07, 6.45) is 1.92. The van der Waals surface area contributed by atoms with Gasteiger partial charge in [-0.3, -0.25) is 4.99 Å². The van der Waals surface area contributed by atoms with Crippen LogP contribution in [0.4, 0.5) is 13.2 Å². The standard InChI is InChI=1S/C18H15F3N4O2S/c1-27-18(26)12-11-6-8(22)7-25(11)16(17-23-4-5-28-17)24-15(12)9-2-3-10(19)14(21)13(9)20/h2-5,8,15H,6-7,22H2,1H3/t8-,15?/m0/s1. The maximum Gasteiger partial charge on any atom is 0.338 e. The van der Waals surface area contributed by atoms with Crippen molar-refractivity contribution in [2.75, 3.05) is 13.7 Å². The van der Waals surface area contributed by atoms with Gasteiger partial charge in [0, 0.05) is 41.8 Å². The van der Waals surface area contributed by atoms with E-state index in [1.165, 1.54) is 18.4 Å². The molecule has 146 valence electrons. The van der Waals surface area contributed by atoms with E-state index in [1.807, 2.05) is 0 Å². The van der Waals surface area contributed by atoms with E-state index >= 15 is 0 Å². The molecule has 2 atom stereocenters. The van der Waals surface area contributed by atoms with E-state index in [-0.39, 0.29) is 17.2 Å². The van der Waals surface area contributed by atoms with Gasteiger partial charge in [0.25, 0.3) is 0 Å². The third-order valence-electron chi connectivity index (χ3n) is 4.68. The number of amidine groups is 1. The molecule has 0 aliphatic carbocycles. The summed E-state index contributed by atoms with van der Waals surface area (Å²) in [7, 11) is 1.19. The molecule has 2 aliphatic rings. The van der Waals surface area contributed by atoms with Gasteiger partial charge < -0.3 is 15.4 Å². The molecule has 1 unspecified atom stereocenters. The van der Waals surface area contributed by atoms with Crippen LogP contribution >= 0.6 is 11.3 Å². The number of benzene rings is 1. The lowest BCUT2D eigenvalue weighted by Crippen LogP contribution is -2.36. The Hall–Kier alpha value is -2.72. The van der Waals surface area contributed by atoms with Crippen LogP contribution in [-0.2, 0) is 9.53 Å². The molecule has 0 saturated carbocycles. The summed E-state index contributed by atoms with van der Waals surface area (Å²) in [5.41, 5.74) is 6.40. The van der Waals surface area contributed by atoms with Crippen LogP contribution in [0.25, 0.3) is 0 Å². The third-order valence-corrected chi connectivity index (χ3v) is 5.45. The van der Waals surface area contributed by atoms with Crippen LogP contribution in [0, 0.1) is 17.5 Å². The number of aliphatic imine (C=N–C) groups is 1. The van der Waals surface area contributed by atoms with Crippen molar-refractivity contribution in [3.05, 3.63) is 63.0 Å². The van der Waals surface area contributed by atoms with Crippen molar-refractivity contribution in [3.63, 3.8) is 0 Å². The van der Waals surface area contributed by atoms with Gasteiger partial charge in [0.05, 0.1) is 12.7 Å². The van der Waals surface area contributed by atoms with E-state index in [0.29, 0.717) is 29.5 Å². The van der Waals surface area contributed by atoms with Crippen LogP contribution in [0.5, 0.6) is 0 Å². The Balaban J connectivity index is 1.95. The molecule has 0 amide bonds. The van der Waals surface area contributed by atoms with Gasteiger partial charge in [0.1, 0.15) is 6.04 Å². The molecule has 28 heavy (non-hydrogen) atoms. The van der Waals surface area contributed by atoms with E-state index in [9.17, 15) is 18.0 Å². The Morgan fingerprint density at radius 1 is 1.32 bits per heavy atom. The highest BCUT2D eigenvalue weighted by Crippen LogP contribution is 2.41. The van der Waals surface area contributed by atoms with Crippen molar-refractivity contribution in [3.8, 4) is 0 Å². The molecule has 2 N–H and O–H groups in total. The molecule has 2 aliphatic heterocycles. The van der Waals surface area contributed by atoms with Crippen molar-refractivity contribution < 1.29 is 22.7 Å². The lowest BCUT2D eigenvalue weighted by atomic mass is 9.94. The minimum absolute atomic E-state index is 0.0562. The normalized spacial score (nSPS) is 21.6. The van der Waals surface area contributed by atoms with Crippen molar-refractivity contribution in [2.45, 2.75) is 18.5 Å². The second kappa shape index (κ2) is 7.02. The zero-order valence-electron chi connectivity index (χ0n) is 14.7. The molecule has 2 aromatic rings. The summed E-state index contributed by atoms with van der Waals surface area (Å²) in [5, 5.41) is 2.30. The summed E-state index contributed by atoms with van der Waals surface area (Å²) < 4.78 is 46.7. The van der Waals surface area contributed by atoms with Crippen LogP contribution in [0.1, 0.15) is 23.0 Å². The predicted octanol–water partition coefficient (Wildman–Crippen LogP) is 2.52. The predicted molar refractivity (Wildman–Crippen MR) is 96.0 cm³/mol. The fourth-order valence-corrected chi connectivity index (χ4v) is 4.11. The number of nitrogens with two attached hydrogens (primary N) is 1. The van der Waals surface area contributed by atoms with Crippen LogP contribution < -0.4 is 5.73 Å². The van der Waals surface area contributed by atoms with Gasteiger partial charge in [-0.1, -0.05) is 6.07 Å². The van der Waals surface area contributed by atoms with Gasteiger partial charge in [-0.25, -0.2) is 22.9 Å². The summed E-state index contributed by atoms with van der Waals surface area (Å²) in [6.45, 7) is 0.390. The Kier molecular flexibility index (Phi) is 4.68. The van der Waals surface area contributed by atoms with Gasteiger partial charge in [-0.15, -0.1) is 11.3 Å². The highest BCUT2D eigenvalue weighted by molar-refractivity contribution is 7.11. The fraction of sp³-hybridized carbons (Fsp3) is 0.278. The smallest absolute Gasteiger partial charge is 0.338 e. The summed E-state index contributed by atoms with van der Waals surface area (Å²) >= 11 is 1.31. The minimum Gasteiger partial charge on any atom is -0.466 e. The molecule has 1 fully saturated rings. The highest BCUT2D eigenvalue weighted by Gasteiger charge is 2.42. The quantitative estimate of drug-likeness (QED) is 0.624. The lowest BCUT2D eigenvalue weighted by molar-refractivity contribution is -0.136. The van der Waals surface area contributed by atoms with Crippen molar-refractivity contribution in [2.24, 2.45) is 10.7 Å². The molecular formula is C18H15F3N4O2S. The number of halogens is 3. The molecule has 4 rings (SSSR count). The van der Waals surface area contributed by atoms with Gasteiger partial charge in [-0.2, -0.15) is 0 Å². The molecule has 0 bridgehead atoms. The number of carbonyl (C=O) groups is 1. The zero-order valence-corrected chi connectivity index (χ0v) is 15.5. The van der Waals surface area contributed by atoms with Crippen molar-refractivity contribution >= 4 is 23.1 Å². The molecule has 3 heterocycles. The Morgan fingerprint density at radius 2 is 2.11 bits per heavy atom. The van der Waals surface area contributed by atoms with Gasteiger partial charge >= 0.3 is 5.97 Å². The number of thiazole rings is 1. The second-order valence-corrected chi connectivity index (χ2v) is 7.28. The summed E-state index contributed by atoms with van der Waals surface area (Å²) in [4.78, 5) is 23.0. The maximum atomic E-state index is 14.6. The second-order valence-electron chi connectivity index (χ2n) is 6.38. The first kappa shape index (κ1) is 18.6. The average molecular weight is 408 g/mol. The lowest BCUT2D eigenvalue weighted by Gasteiger charge is -2.31. The molecule has 0 spiro atoms. The molecule has 6 nitrogen and oxygen atoms in total. The number of nitrogens with zero attached hydrogens (tertiary/aromatic N) is 3. The van der Waals surface area contributed by atoms with Crippen LogP contribution in [0.15, 0.2) is 40.0 Å². The molecule has 0 radical (unpaired) electrons. The molecule has 1 aromatic heterocycles. The number of methoxy groups -OCH3 is 1. The fourth-order valence-electron chi connectivity index (χ4n) is 3.47. The molecule has 1 saturated heterocycles. The number of esters is 1.